The minimum Gasteiger partial charge on any atom is -0.612 e. The van der Waals surface area contributed by atoms with Gasteiger partial charge in [-0.1, -0.05) is 6.07 Å². The van der Waals surface area contributed by atoms with Crippen LogP contribution in [0, 0.1) is 17.4 Å². The lowest BCUT2D eigenvalue weighted by molar-refractivity contribution is 0.601. The van der Waals surface area contributed by atoms with Gasteiger partial charge in [0.15, 0.2) is 4.90 Å². The van der Waals surface area contributed by atoms with Crippen LogP contribution >= 0.6 is 0 Å². The van der Waals surface area contributed by atoms with Crippen molar-refractivity contribution in [3.63, 3.8) is 0 Å². The summed E-state index contributed by atoms with van der Waals surface area (Å²) in [5.41, 5.74) is 2.45. The number of rotatable bonds is 2. The van der Waals surface area contributed by atoms with Crippen LogP contribution in [0.4, 0.5) is 0 Å². The van der Waals surface area contributed by atoms with E-state index in [1.54, 1.807) is 24.5 Å². The van der Waals surface area contributed by atoms with Crippen molar-refractivity contribution >= 4 is 11.2 Å². The molecule has 0 aliphatic rings. The zero-order chi connectivity index (χ0) is 12.3. The van der Waals surface area contributed by atoms with Gasteiger partial charge in [0.1, 0.15) is 6.26 Å². The highest BCUT2D eigenvalue weighted by Gasteiger charge is 2.04. The van der Waals surface area contributed by atoms with E-state index in [9.17, 15) is 4.55 Å². The lowest BCUT2D eigenvalue weighted by Crippen LogP contribution is -1.96. The van der Waals surface area contributed by atoms with Crippen LogP contribution in [0.2, 0.25) is 0 Å². The van der Waals surface area contributed by atoms with Gasteiger partial charge in [-0.25, -0.2) is 0 Å². The largest absolute Gasteiger partial charge is 0.612 e. The molecule has 0 saturated heterocycles. The molecular formula is C14H10NOS. The molecule has 1 radical (unpaired) electrons. The van der Waals surface area contributed by atoms with Crippen LogP contribution in [0.25, 0.3) is 11.1 Å². The van der Waals surface area contributed by atoms with E-state index in [-0.39, 0.29) is 0 Å². The number of benzene rings is 2. The van der Waals surface area contributed by atoms with E-state index in [0.717, 1.165) is 16.0 Å². The van der Waals surface area contributed by atoms with Gasteiger partial charge in [0, 0.05) is 0 Å². The average molecular weight is 240 g/mol. The molecule has 0 aromatic heterocycles. The van der Waals surface area contributed by atoms with Crippen molar-refractivity contribution in [1.29, 1.82) is 5.26 Å². The molecule has 0 amide bonds. The quantitative estimate of drug-likeness (QED) is 0.758. The number of nitrogens with zero attached hydrogens (tertiary/aromatic N) is 1. The predicted molar refractivity (Wildman–Crippen MR) is 67.8 cm³/mol. The molecule has 2 aromatic carbocycles. The van der Waals surface area contributed by atoms with Gasteiger partial charge in [-0.3, -0.25) is 0 Å². The fourth-order valence-electron chi connectivity index (χ4n) is 1.53. The van der Waals surface area contributed by atoms with Crippen LogP contribution in [0.5, 0.6) is 0 Å². The lowest BCUT2D eigenvalue weighted by Gasteiger charge is -2.05. The molecule has 83 valence electrons. The van der Waals surface area contributed by atoms with Gasteiger partial charge in [0.05, 0.1) is 11.6 Å². The summed E-state index contributed by atoms with van der Waals surface area (Å²) in [4.78, 5) is 0.796. The average Bonchev–Trinajstić information content (AvgIpc) is 2.39. The summed E-state index contributed by atoms with van der Waals surface area (Å²) >= 11 is -0.962. The van der Waals surface area contributed by atoms with E-state index >= 15 is 0 Å². The summed E-state index contributed by atoms with van der Waals surface area (Å²) in [7, 11) is 0. The third-order valence-corrected chi connectivity index (χ3v) is 3.36. The van der Waals surface area contributed by atoms with Crippen LogP contribution in [0.1, 0.15) is 5.56 Å². The van der Waals surface area contributed by atoms with Crippen LogP contribution in [0.15, 0.2) is 47.4 Å². The highest BCUT2D eigenvalue weighted by atomic mass is 32.2. The molecule has 2 aromatic rings. The molecule has 0 fully saturated rings. The second-order valence-electron chi connectivity index (χ2n) is 3.58. The topological polar surface area (TPSA) is 46.8 Å². The molecule has 0 saturated carbocycles. The Hall–Kier alpha value is -1.76. The van der Waals surface area contributed by atoms with Crippen molar-refractivity contribution < 1.29 is 4.55 Å². The van der Waals surface area contributed by atoms with E-state index in [4.69, 9.17) is 5.26 Å². The third-order valence-electron chi connectivity index (χ3n) is 2.43. The van der Waals surface area contributed by atoms with E-state index < -0.39 is 11.2 Å². The molecule has 0 spiro atoms. The van der Waals surface area contributed by atoms with Crippen molar-refractivity contribution in [3.05, 3.63) is 54.1 Å². The van der Waals surface area contributed by atoms with Crippen molar-refractivity contribution in [3.8, 4) is 17.2 Å². The standard InChI is InChI=1S/C14H10NOS/c1-17(16)14-7-5-12(6-8-14)13-4-2-3-11(9-13)10-15/h2-3,5-9H,1H3. The van der Waals surface area contributed by atoms with Gasteiger partial charge in [0.25, 0.3) is 0 Å². The normalized spacial score (nSPS) is 11.8. The third kappa shape index (κ3) is 2.68. The van der Waals surface area contributed by atoms with Gasteiger partial charge in [-0.2, -0.15) is 5.26 Å². The maximum atomic E-state index is 11.3. The molecule has 0 aliphatic heterocycles. The number of nitriles is 1. The van der Waals surface area contributed by atoms with E-state index in [1.807, 2.05) is 24.3 Å². The van der Waals surface area contributed by atoms with E-state index in [0.29, 0.717) is 5.56 Å². The first-order valence-corrected chi connectivity index (χ1v) is 6.62. The second kappa shape index (κ2) is 5.05. The molecule has 2 nitrogen and oxygen atoms in total. The predicted octanol–water partition coefficient (Wildman–Crippen LogP) is 2.76. The summed E-state index contributed by atoms with van der Waals surface area (Å²) in [6.45, 7) is 0. The Morgan fingerprint density at radius 3 is 2.53 bits per heavy atom. The molecule has 0 aliphatic carbocycles. The van der Waals surface area contributed by atoms with E-state index in [1.165, 1.54) is 0 Å². The number of hydrogen-bond donors (Lipinski definition) is 0. The van der Waals surface area contributed by atoms with Crippen molar-refractivity contribution in [1.82, 2.24) is 0 Å². The van der Waals surface area contributed by atoms with Crippen LogP contribution in [-0.4, -0.2) is 10.8 Å². The Kier molecular flexibility index (Phi) is 3.48. The molecule has 2 rings (SSSR count). The number of hydrogen-bond acceptors (Lipinski definition) is 2. The summed E-state index contributed by atoms with van der Waals surface area (Å²) in [5, 5.41) is 8.82. The zero-order valence-corrected chi connectivity index (χ0v) is 10.1. The SMILES string of the molecule is C[S+]([O-])c1ccc(-c2[c]ccc(C#N)c2)cc1. The Morgan fingerprint density at radius 2 is 1.94 bits per heavy atom. The maximum absolute atomic E-state index is 11.3. The fraction of sp³-hybridized carbons (Fsp3) is 0.0714. The molecule has 0 bridgehead atoms. The molecule has 17 heavy (non-hydrogen) atoms. The molecular weight excluding hydrogens is 230 g/mol. The van der Waals surface area contributed by atoms with Crippen LogP contribution < -0.4 is 0 Å². The Balaban J connectivity index is 2.37. The second-order valence-corrected chi connectivity index (χ2v) is 4.96. The summed E-state index contributed by atoms with van der Waals surface area (Å²) in [5.74, 6) is 0. The van der Waals surface area contributed by atoms with Gasteiger partial charge in [-0.15, -0.1) is 0 Å². The molecule has 0 heterocycles. The Labute approximate surface area is 104 Å². The first-order chi connectivity index (χ1) is 8.20. The van der Waals surface area contributed by atoms with Crippen molar-refractivity contribution in [2.45, 2.75) is 4.90 Å². The highest BCUT2D eigenvalue weighted by Crippen LogP contribution is 2.21. The molecule has 1 unspecified atom stereocenters. The molecule has 1 atom stereocenters. The van der Waals surface area contributed by atoms with Crippen molar-refractivity contribution in [2.75, 3.05) is 6.26 Å². The Morgan fingerprint density at radius 1 is 1.24 bits per heavy atom. The summed E-state index contributed by atoms with van der Waals surface area (Å²) in [6, 6.07) is 17.9. The lowest BCUT2D eigenvalue weighted by atomic mass is 10.0. The summed E-state index contributed by atoms with van der Waals surface area (Å²) in [6.07, 6.45) is 1.65. The van der Waals surface area contributed by atoms with Gasteiger partial charge in [-0.05, 0) is 64.8 Å². The molecule has 3 heteroatoms. The maximum Gasteiger partial charge on any atom is 0.152 e. The smallest absolute Gasteiger partial charge is 0.152 e. The first-order valence-electron chi connectivity index (χ1n) is 5.06. The van der Waals surface area contributed by atoms with Crippen LogP contribution in [0.3, 0.4) is 0 Å². The molecule has 0 N–H and O–H groups in total. The zero-order valence-electron chi connectivity index (χ0n) is 9.31. The monoisotopic (exact) mass is 240 g/mol. The highest BCUT2D eigenvalue weighted by molar-refractivity contribution is 7.90. The van der Waals surface area contributed by atoms with Crippen molar-refractivity contribution in [2.24, 2.45) is 0 Å². The summed E-state index contributed by atoms with van der Waals surface area (Å²) < 4.78 is 11.3. The fourth-order valence-corrected chi connectivity index (χ4v) is 2.05. The van der Waals surface area contributed by atoms with E-state index in [2.05, 4.69) is 12.1 Å². The minimum absolute atomic E-state index is 0.613. The van der Waals surface area contributed by atoms with Gasteiger partial charge >= 0.3 is 0 Å². The first kappa shape index (κ1) is 11.7. The minimum atomic E-state index is -0.962. The van der Waals surface area contributed by atoms with Gasteiger partial charge in [0.2, 0.25) is 0 Å². The van der Waals surface area contributed by atoms with Gasteiger partial charge < -0.3 is 4.55 Å². The Bertz CT molecular complexity index is 555. The van der Waals surface area contributed by atoms with Crippen LogP contribution in [-0.2, 0) is 11.2 Å².